The standard InChI is InChI=1S/C6H12BrCl/c1-5(2,3)6(4,7)8/h1-4H3. The third kappa shape index (κ3) is 2.36. The van der Waals surface area contributed by atoms with Crippen molar-refractivity contribution in [1.29, 1.82) is 0 Å². The summed E-state index contributed by atoms with van der Waals surface area (Å²) < 4.78 is -0.278. The minimum atomic E-state index is -0.278. The van der Waals surface area contributed by atoms with Crippen molar-refractivity contribution < 1.29 is 0 Å². The van der Waals surface area contributed by atoms with Crippen molar-refractivity contribution >= 4 is 27.5 Å². The van der Waals surface area contributed by atoms with E-state index in [4.69, 9.17) is 11.6 Å². The molecule has 0 aliphatic heterocycles. The summed E-state index contributed by atoms with van der Waals surface area (Å²) >= 11 is 9.29. The average molecular weight is 200 g/mol. The molecule has 0 saturated carbocycles. The Kier molecular flexibility index (Phi) is 2.39. The molecule has 50 valence electrons. The van der Waals surface area contributed by atoms with Crippen LogP contribution in [0.25, 0.3) is 0 Å². The van der Waals surface area contributed by atoms with Crippen molar-refractivity contribution in [1.82, 2.24) is 0 Å². The first-order valence-corrected chi connectivity index (χ1v) is 3.80. The van der Waals surface area contributed by atoms with Crippen LogP contribution in [0.3, 0.4) is 0 Å². The van der Waals surface area contributed by atoms with Crippen molar-refractivity contribution in [2.45, 2.75) is 31.5 Å². The molecule has 0 spiro atoms. The van der Waals surface area contributed by atoms with Crippen LogP contribution < -0.4 is 0 Å². The highest BCUT2D eigenvalue weighted by Gasteiger charge is 2.31. The van der Waals surface area contributed by atoms with Crippen LogP contribution in [0, 0.1) is 5.41 Å². The normalized spacial score (nSPS) is 20.2. The van der Waals surface area contributed by atoms with Crippen LogP contribution in [0.1, 0.15) is 27.7 Å². The second-order valence-corrected chi connectivity index (χ2v) is 5.94. The van der Waals surface area contributed by atoms with E-state index in [9.17, 15) is 0 Å². The maximum atomic E-state index is 5.93. The second-order valence-electron chi connectivity index (χ2n) is 3.14. The lowest BCUT2D eigenvalue weighted by molar-refractivity contribution is 0.385. The van der Waals surface area contributed by atoms with Crippen LogP contribution in [0.2, 0.25) is 0 Å². The number of hydrogen-bond acceptors (Lipinski definition) is 0. The Labute approximate surface area is 64.7 Å². The molecule has 0 N–H and O–H groups in total. The summed E-state index contributed by atoms with van der Waals surface area (Å²) in [7, 11) is 0. The molecule has 0 aromatic carbocycles. The largest absolute Gasteiger partial charge is 0.106 e. The molecule has 0 saturated heterocycles. The molecule has 0 amide bonds. The van der Waals surface area contributed by atoms with E-state index in [2.05, 4.69) is 36.7 Å². The number of rotatable bonds is 0. The molecule has 8 heavy (non-hydrogen) atoms. The van der Waals surface area contributed by atoms with Gasteiger partial charge in [0.05, 0.1) is 0 Å². The first-order chi connectivity index (χ1) is 3.25. The minimum Gasteiger partial charge on any atom is -0.106 e. The fraction of sp³-hybridized carbons (Fsp3) is 1.00. The van der Waals surface area contributed by atoms with Crippen molar-refractivity contribution in [2.24, 2.45) is 5.41 Å². The molecule has 0 aliphatic rings. The van der Waals surface area contributed by atoms with Crippen LogP contribution in [0.4, 0.5) is 0 Å². The van der Waals surface area contributed by atoms with Gasteiger partial charge in [0.25, 0.3) is 0 Å². The SMILES string of the molecule is CC(C)(C)C(C)(Cl)Br. The predicted molar refractivity (Wildman–Crippen MR) is 42.6 cm³/mol. The number of hydrogen-bond donors (Lipinski definition) is 0. The maximum absolute atomic E-state index is 5.93. The Morgan fingerprint density at radius 1 is 1.12 bits per heavy atom. The molecule has 2 heteroatoms. The van der Waals surface area contributed by atoms with E-state index in [1.807, 2.05) is 6.92 Å². The highest BCUT2D eigenvalue weighted by Crippen LogP contribution is 2.40. The lowest BCUT2D eigenvalue weighted by atomic mass is 9.93. The quantitative estimate of drug-likeness (QED) is 0.525. The molecular weight excluding hydrogens is 187 g/mol. The zero-order chi connectivity index (χ0) is 7.00. The molecule has 1 atom stereocenters. The van der Waals surface area contributed by atoms with Crippen molar-refractivity contribution in [3.8, 4) is 0 Å². The highest BCUT2D eigenvalue weighted by atomic mass is 79.9. The Morgan fingerprint density at radius 2 is 1.25 bits per heavy atom. The van der Waals surface area contributed by atoms with Gasteiger partial charge in [-0.1, -0.05) is 36.7 Å². The molecule has 0 aromatic heterocycles. The summed E-state index contributed by atoms with van der Waals surface area (Å²) in [6.45, 7) is 8.23. The number of alkyl halides is 2. The van der Waals surface area contributed by atoms with Gasteiger partial charge in [0.15, 0.2) is 0 Å². The van der Waals surface area contributed by atoms with E-state index in [1.54, 1.807) is 0 Å². The van der Waals surface area contributed by atoms with Gasteiger partial charge in [0.1, 0.15) is 3.78 Å². The first kappa shape index (κ1) is 8.77. The molecule has 0 heterocycles. The second kappa shape index (κ2) is 2.18. The molecule has 0 aromatic rings. The Balaban J connectivity index is 4.02. The van der Waals surface area contributed by atoms with Gasteiger partial charge in [0.2, 0.25) is 0 Å². The molecular formula is C6H12BrCl. The summed E-state index contributed by atoms with van der Waals surface area (Å²) in [5.41, 5.74) is 0.120. The van der Waals surface area contributed by atoms with Crippen molar-refractivity contribution in [2.75, 3.05) is 0 Å². The Morgan fingerprint density at radius 3 is 1.25 bits per heavy atom. The predicted octanol–water partition coefficient (Wildman–Crippen LogP) is 3.38. The van der Waals surface area contributed by atoms with E-state index < -0.39 is 0 Å². The lowest BCUT2D eigenvalue weighted by Gasteiger charge is -2.30. The van der Waals surface area contributed by atoms with Crippen LogP contribution in [-0.2, 0) is 0 Å². The zero-order valence-corrected chi connectivity index (χ0v) is 8.10. The molecule has 0 fully saturated rings. The van der Waals surface area contributed by atoms with Crippen molar-refractivity contribution in [3.05, 3.63) is 0 Å². The molecule has 1 unspecified atom stereocenters. The highest BCUT2D eigenvalue weighted by molar-refractivity contribution is 9.10. The van der Waals surface area contributed by atoms with Gasteiger partial charge in [-0.15, -0.1) is 11.6 Å². The summed E-state index contributed by atoms with van der Waals surface area (Å²) in [6, 6.07) is 0. The van der Waals surface area contributed by atoms with Gasteiger partial charge in [-0.25, -0.2) is 0 Å². The fourth-order valence-electron chi connectivity index (χ4n) is 0. The summed E-state index contributed by atoms with van der Waals surface area (Å²) in [5.74, 6) is 0. The van der Waals surface area contributed by atoms with Gasteiger partial charge < -0.3 is 0 Å². The minimum absolute atomic E-state index is 0.120. The van der Waals surface area contributed by atoms with E-state index in [1.165, 1.54) is 0 Å². The molecule has 0 bridgehead atoms. The molecule has 0 aliphatic carbocycles. The van der Waals surface area contributed by atoms with Crippen LogP contribution in [0.15, 0.2) is 0 Å². The summed E-state index contributed by atoms with van der Waals surface area (Å²) in [5, 5.41) is 0. The van der Waals surface area contributed by atoms with Gasteiger partial charge in [-0.2, -0.15) is 0 Å². The molecule has 0 nitrogen and oxygen atoms in total. The van der Waals surface area contributed by atoms with Gasteiger partial charge in [0, 0.05) is 0 Å². The van der Waals surface area contributed by atoms with Crippen LogP contribution >= 0.6 is 27.5 Å². The smallest absolute Gasteiger partial charge is 0.101 e. The van der Waals surface area contributed by atoms with Crippen LogP contribution in [-0.4, -0.2) is 3.78 Å². The zero-order valence-electron chi connectivity index (χ0n) is 5.76. The molecule has 0 radical (unpaired) electrons. The maximum Gasteiger partial charge on any atom is 0.101 e. The summed E-state index contributed by atoms with van der Waals surface area (Å²) in [6.07, 6.45) is 0. The fourth-order valence-corrected chi connectivity index (χ4v) is 0. The number of halogens is 2. The van der Waals surface area contributed by atoms with Gasteiger partial charge in [-0.05, 0) is 12.3 Å². The van der Waals surface area contributed by atoms with Gasteiger partial charge >= 0.3 is 0 Å². The molecule has 0 rings (SSSR count). The first-order valence-electron chi connectivity index (χ1n) is 2.63. The van der Waals surface area contributed by atoms with Crippen LogP contribution in [0.5, 0.6) is 0 Å². The van der Waals surface area contributed by atoms with Gasteiger partial charge in [-0.3, -0.25) is 0 Å². The monoisotopic (exact) mass is 198 g/mol. The average Bonchev–Trinajstić information content (AvgIpc) is 1.25. The third-order valence-corrected chi connectivity index (χ3v) is 3.07. The lowest BCUT2D eigenvalue weighted by Crippen LogP contribution is -2.26. The Bertz CT molecular complexity index is 63.5. The van der Waals surface area contributed by atoms with E-state index in [0.29, 0.717) is 0 Å². The topological polar surface area (TPSA) is 0 Å². The Hall–Kier alpha value is 0.770. The third-order valence-electron chi connectivity index (χ3n) is 1.32. The van der Waals surface area contributed by atoms with Crippen molar-refractivity contribution in [3.63, 3.8) is 0 Å². The van der Waals surface area contributed by atoms with E-state index in [-0.39, 0.29) is 9.20 Å². The van der Waals surface area contributed by atoms with E-state index >= 15 is 0 Å². The van der Waals surface area contributed by atoms with E-state index in [0.717, 1.165) is 0 Å². The summed E-state index contributed by atoms with van der Waals surface area (Å²) in [4.78, 5) is 0.